The topological polar surface area (TPSA) is 44.0 Å². The Morgan fingerprint density at radius 3 is 2.75 bits per heavy atom. The van der Waals surface area contributed by atoms with Crippen LogP contribution in [0.2, 0.25) is 0 Å². The predicted molar refractivity (Wildman–Crippen MR) is 99.0 cm³/mol. The largest absolute Gasteiger partial charge is 0.469 e. The summed E-state index contributed by atoms with van der Waals surface area (Å²) in [5.74, 6) is 2.09. The summed E-state index contributed by atoms with van der Waals surface area (Å²) in [4.78, 5) is 9.72. The summed E-state index contributed by atoms with van der Waals surface area (Å²) in [5.41, 5.74) is 0. The number of guanidine groups is 1. The molecule has 1 saturated carbocycles. The zero-order valence-electron chi connectivity index (χ0n) is 13.9. The molecule has 0 aromatic carbocycles. The van der Waals surface area contributed by atoms with Gasteiger partial charge in [-0.3, -0.25) is 4.99 Å². The van der Waals surface area contributed by atoms with Crippen LogP contribution < -0.4 is 10.2 Å². The monoisotopic (exact) mass is 344 g/mol. The highest BCUT2D eigenvalue weighted by Crippen LogP contribution is 2.23. The molecule has 0 radical (unpaired) electrons. The van der Waals surface area contributed by atoms with Crippen LogP contribution in [0, 0.1) is 0 Å². The maximum atomic E-state index is 5.40. The Hall–Kier alpha value is -1.95. The van der Waals surface area contributed by atoms with Crippen molar-refractivity contribution in [2.45, 2.75) is 25.3 Å². The van der Waals surface area contributed by atoms with E-state index in [4.69, 9.17) is 9.41 Å². The summed E-state index contributed by atoms with van der Waals surface area (Å²) in [5, 5.41) is 7.15. The van der Waals surface area contributed by atoms with Gasteiger partial charge in [0.25, 0.3) is 0 Å². The van der Waals surface area contributed by atoms with Crippen LogP contribution in [-0.4, -0.2) is 49.6 Å². The highest BCUT2D eigenvalue weighted by molar-refractivity contribution is 7.14. The number of hydrogen-bond donors (Lipinski definition) is 1. The molecule has 1 aliphatic heterocycles. The highest BCUT2D eigenvalue weighted by atomic mass is 32.1. The lowest BCUT2D eigenvalue weighted by atomic mass is 10.3. The highest BCUT2D eigenvalue weighted by Gasteiger charge is 2.26. The molecule has 2 fully saturated rings. The SMILES string of the molecule is c1coc(CCN=C(NC2CC2)N2CCN(c3cccs3)CC2)c1. The number of hydrogen-bond acceptors (Lipinski definition) is 4. The molecule has 0 bridgehead atoms. The Kier molecular flexibility index (Phi) is 4.74. The molecule has 1 saturated heterocycles. The average molecular weight is 344 g/mol. The van der Waals surface area contributed by atoms with Gasteiger partial charge in [-0.25, -0.2) is 0 Å². The fourth-order valence-corrected chi connectivity index (χ4v) is 3.75. The van der Waals surface area contributed by atoms with Crippen LogP contribution in [0.5, 0.6) is 0 Å². The van der Waals surface area contributed by atoms with Crippen molar-refractivity contribution in [2.75, 3.05) is 37.6 Å². The molecule has 5 nitrogen and oxygen atoms in total. The number of piperazine rings is 1. The Bertz CT molecular complexity index is 641. The van der Waals surface area contributed by atoms with E-state index in [1.807, 2.05) is 23.5 Å². The van der Waals surface area contributed by atoms with E-state index in [-0.39, 0.29) is 0 Å². The van der Waals surface area contributed by atoms with Gasteiger partial charge in [-0.15, -0.1) is 11.3 Å². The van der Waals surface area contributed by atoms with Crippen LogP contribution in [0.15, 0.2) is 45.3 Å². The summed E-state index contributed by atoms with van der Waals surface area (Å²) >= 11 is 1.82. The molecule has 2 aromatic rings. The lowest BCUT2D eigenvalue weighted by Crippen LogP contribution is -2.53. The second-order valence-electron chi connectivity index (χ2n) is 6.38. The summed E-state index contributed by atoms with van der Waals surface area (Å²) in [7, 11) is 0. The van der Waals surface area contributed by atoms with Crippen molar-refractivity contribution in [1.82, 2.24) is 10.2 Å². The number of anilines is 1. The first-order valence-electron chi connectivity index (χ1n) is 8.75. The van der Waals surface area contributed by atoms with Gasteiger partial charge in [-0.2, -0.15) is 0 Å². The second-order valence-corrected chi connectivity index (χ2v) is 7.30. The number of rotatable bonds is 5. The van der Waals surface area contributed by atoms with Crippen molar-refractivity contribution in [1.29, 1.82) is 0 Å². The molecule has 128 valence electrons. The first-order chi connectivity index (χ1) is 11.9. The van der Waals surface area contributed by atoms with Crippen LogP contribution >= 0.6 is 11.3 Å². The van der Waals surface area contributed by atoms with Crippen LogP contribution in [-0.2, 0) is 6.42 Å². The van der Waals surface area contributed by atoms with E-state index in [1.165, 1.54) is 17.8 Å². The third-order valence-electron chi connectivity index (χ3n) is 4.51. The summed E-state index contributed by atoms with van der Waals surface area (Å²) < 4.78 is 5.40. The first kappa shape index (κ1) is 15.6. The second kappa shape index (κ2) is 7.30. The molecule has 2 aliphatic rings. The van der Waals surface area contributed by atoms with E-state index in [9.17, 15) is 0 Å². The molecule has 0 spiro atoms. The average Bonchev–Trinajstić information content (AvgIpc) is 3.06. The van der Waals surface area contributed by atoms with Gasteiger partial charge in [0.2, 0.25) is 0 Å². The zero-order chi connectivity index (χ0) is 16.2. The molecule has 1 N–H and O–H groups in total. The van der Waals surface area contributed by atoms with Crippen molar-refractivity contribution in [3.63, 3.8) is 0 Å². The fraction of sp³-hybridized carbons (Fsp3) is 0.500. The van der Waals surface area contributed by atoms with Crippen molar-refractivity contribution in [2.24, 2.45) is 4.99 Å². The number of furan rings is 1. The summed E-state index contributed by atoms with van der Waals surface area (Å²) in [6.07, 6.45) is 5.13. The predicted octanol–water partition coefficient (Wildman–Crippen LogP) is 2.81. The van der Waals surface area contributed by atoms with Gasteiger partial charge in [0.15, 0.2) is 5.96 Å². The van der Waals surface area contributed by atoms with Crippen molar-refractivity contribution in [3.8, 4) is 0 Å². The molecule has 3 heterocycles. The van der Waals surface area contributed by atoms with Crippen molar-refractivity contribution >= 4 is 22.3 Å². The Labute approximate surface area is 147 Å². The third kappa shape index (κ3) is 3.93. The summed E-state index contributed by atoms with van der Waals surface area (Å²) in [6.45, 7) is 4.94. The van der Waals surface area contributed by atoms with Crippen molar-refractivity contribution < 1.29 is 4.42 Å². The third-order valence-corrected chi connectivity index (χ3v) is 5.44. The van der Waals surface area contributed by atoms with Gasteiger partial charge in [-0.05, 0) is 42.5 Å². The molecule has 24 heavy (non-hydrogen) atoms. The van der Waals surface area contributed by atoms with Crippen LogP contribution in [0.4, 0.5) is 5.00 Å². The quantitative estimate of drug-likeness (QED) is 0.669. The van der Waals surface area contributed by atoms with E-state index in [2.05, 4.69) is 32.6 Å². The molecule has 1 aliphatic carbocycles. The Morgan fingerprint density at radius 2 is 2.08 bits per heavy atom. The Morgan fingerprint density at radius 1 is 1.21 bits per heavy atom. The number of nitrogens with one attached hydrogen (secondary N) is 1. The van der Waals surface area contributed by atoms with Crippen LogP contribution in [0.25, 0.3) is 0 Å². The summed E-state index contributed by atoms with van der Waals surface area (Å²) in [6, 6.07) is 8.92. The first-order valence-corrected chi connectivity index (χ1v) is 9.63. The van der Waals surface area contributed by atoms with E-state index in [0.717, 1.165) is 50.9 Å². The lowest BCUT2D eigenvalue weighted by molar-refractivity contribution is 0.372. The van der Waals surface area contributed by atoms with E-state index < -0.39 is 0 Å². The smallest absolute Gasteiger partial charge is 0.194 e. The molecular formula is C18H24N4OS. The fourth-order valence-electron chi connectivity index (χ4n) is 2.96. The maximum Gasteiger partial charge on any atom is 0.194 e. The van der Waals surface area contributed by atoms with Gasteiger partial charge in [0, 0.05) is 45.2 Å². The van der Waals surface area contributed by atoms with Gasteiger partial charge in [0.1, 0.15) is 5.76 Å². The molecule has 0 unspecified atom stereocenters. The molecule has 0 atom stereocenters. The minimum atomic E-state index is 0.627. The molecule has 0 amide bonds. The number of thiophene rings is 1. The van der Waals surface area contributed by atoms with Crippen LogP contribution in [0.3, 0.4) is 0 Å². The molecule has 6 heteroatoms. The maximum absolute atomic E-state index is 5.40. The lowest BCUT2D eigenvalue weighted by Gasteiger charge is -2.37. The van der Waals surface area contributed by atoms with Crippen LogP contribution in [0.1, 0.15) is 18.6 Å². The van der Waals surface area contributed by atoms with Gasteiger partial charge < -0.3 is 19.5 Å². The minimum absolute atomic E-state index is 0.627. The number of nitrogens with zero attached hydrogens (tertiary/aromatic N) is 3. The molecule has 2 aromatic heterocycles. The van der Waals surface area contributed by atoms with Crippen molar-refractivity contribution in [3.05, 3.63) is 41.7 Å². The van der Waals surface area contributed by atoms with E-state index in [0.29, 0.717) is 6.04 Å². The normalized spacial score (nSPS) is 18.9. The number of aliphatic imine (C=N–C) groups is 1. The minimum Gasteiger partial charge on any atom is -0.469 e. The van der Waals surface area contributed by atoms with E-state index in [1.54, 1.807) is 6.26 Å². The molecular weight excluding hydrogens is 320 g/mol. The molecule has 4 rings (SSSR count). The zero-order valence-corrected chi connectivity index (χ0v) is 14.7. The Balaban J connectivity index is 1.34. The van der Waals surface area contributed by atoms with Gasteiger partial charge in [0.05, 0.1) is 11.3 Å². The van der Waals surface area contributed by atoms with Gasteiger partial charge >= 0.3 is 0 Å². The van der Waals surface area contributed by atoms with E-state index >= 15 is 0 Å². The van der Waals surface area contributed by atoms with Gasteiger partial charge in [-0.1, -0.05) is 0 Å². The standard InChI is InChI=1S/C18H24N4OS/c1-3-16(23-13-1)7-8-19-18(20-15-5-6-15)22-11-9-21(10-12-22)17-4-2-14-24-17/h1-4,13-15H,5-12H2,(H,19,20).